The van der Waals surface area contributed by atoms with Crippen LogP contribution >= 0.6 is 0 Å². The highest BCUT2D eigenvalue weighted by Gasteiger charge is 2.39. The van der Waals surface area contributed by atoms with Crippen LogP contribution in [0.2, 0.25) is 0 Å². The van der Waals surface area contributed by atoms with Crippen LogP contribution in [-0.4, -0.2) is 74.0 Å². The van der Waals surface area contributed by atoms with Gasteiger partial charge in [-0.25, -0.2) is 0 Å². The van der Waals surface area contributed by atoms with Gasteiger partial charge in [0.05, 0.1) is 12.7 Å². The first kappa shape index (κ1) is 14.9. The molecule has 0 saturated heterocycles. The lowest BCUT2D eigenvalue weighted by Gasteiger charge is -2.49. The first-order valence-electron chi connectivity index (χ1n) is 6.62. The molecule has 1 atom stereocenters. The van der Waals surface area contributed by atoms with Crippen LogP contribution in [0.15, 0.2) is 0 Å². The Bertz CT molecular complexity index is 217. The molecule has 0 aromatic rings. The number of aliphatic hydroxyl groups is 1. The fourth-order valence-electron chi connectivity index (χ4n) is 2.56. The fraction of sp³-hybridized carbons (Fsp3) is 1.00. The number of ether oxygens (including phenoxy) is 1. The largest absolute Gasteiger partial charge is 0.389 e. The van der Waals surface area contributed by atoms with Gasteiger partial charge in [0.1, 0.15) is 0 Å². The summed E-state index contributed by atoms with van der Waals surface area (Å²) in [6.07, 6.45) is 3.49. The van der Waals surface area contributed by atoms with Crippen LogP contribution in [0.3, 0.4) is 0 Å². The molecule has 0 aliphatic heterocycles. The fourth-order valence-corrected chi connectivity index (χ4v) is 2.56. The molecule has 0 amide bonds. The summed E-state index contributed by atoms with van der Waals surface area (Å²) in [6.45, 7) is 4.78. The minimum atomic E-state index is -0.376. The van der Waals surface area contributed by atoms with Crippen LogP contribution in [0, 0.1) is 0 Å². The van der Waals surface area contributed by atoms with Crippen LogP contribution in [0.5, 0.6) is 0 Å². The molecule has 0 radical (unpaired) electrons. The summed E-state index contributed by atoms with van der Waals surface area (Å²) in [5.74, 6) is 0. The normalized spacial score (nSPS) is 20.6. The van der Waals surface area contributed by atoms with Crippen molar-refractivity contribution < 1.29 is 9.84 Å². The maximum absolute atomic E-state index is 9.80. The minimum Gasteiger partial charge on any atom is -0.389 e. The van der Waals surface area contributed by atoms with Crippen molar-refractivity contribution in [1.29, 1.82) is 0 Å². The Hall–Kier alpha value is -0.160. The average Bonchev–Trinajstić information content (AvgIpc) is 2.19. The first-order valence-corrected chi connectivity index (χ1v) is 6.62. The molecule has 1 saturated carbocycles. The number of likely N-dealkylation sites (N-methyl/N-ethyl adjacent to an activating group) is 2. The maximum atomic E-state index is 9.80. The number of hydrogen-bond donors (Lipinski definition) is 1. The molecule has 102 valence electrons. The van der Waals surface area contributed by atoms with Gasteiger partial charge in [-0.05, 0) is 47.3 Å². The molecule has 4 nitrogen and oxygen atoms in total. The van der Waals surface area contributed by atoms with Crippen molar-refractivity contribution in [2.24, 2.45) is 0 Å². The number of hydrogen-bond acceptors (Lipinski definition) is 4. The Kier molecular flexibility index (Phi) is 5.86. The van der Waals surface area contributed by atoms with Gasteiger partial charge in [-0.3, -0.25) is 0 Å². The minimum absolute atomic E-state index is 0.333. The SMILES string of the molecule is CCOCC(O)CN(C)CC1(N(C)C)CCC1. The summed E-state index contributed by atoms with van der Waals surface area (Å²) in [5.41, 5.74) is 0.333. The molecule has 1 aliphatic rings. The number of aliphatic hydroxyl groups excluding tert-OH is 1. The smallest absolute Gasteiger partial charge is 0.0900 e. The molecule has 0 aromatic carbocycles. The Morgan fingerprint density at radius 1 is 1.29 bits per heavy atom. The molecule has 4 heteroatoms. The summed E-state index contributed by atoms with van der Waals surface area (Å²) in [4.78, 5) is 4.56. The second-order valence-electron chi connectivity index (χ2n) is 5.48. The van der Waals surface area contributed by atoms with Crippen LogP contribution in [0.4, 0.5) is 0 Å². The lowest BCUT2D eigenvalue weighted by molar-refractivity contribution is -0.00585. The van der Waals surface area contributed by atoms with E-state index >= 15 is 0 Å². The molecule has 0 bridgehead atoms. The van der Waals surface area contributed by atoms with E-state index in [4.69, 9.17) is 4.74 Å². The lowest BCUT2D eigenvalue weighted by Crippen LogP contribution is -2.57. The Morgan fingerprint density at radius 2 is 1.94 bits per heavy atom. The predicted octanol–water partition coefficient (Wildman–Crippen LogP) is 0.800. The van der Waals surface area contributed by atoms with Gasteiger partial charge in [0.15, 0.2) is 0 Å². The molecular formula is C13H28N2O2. The van der Waals surface area contributed by atoms with Crippen molar-refractivity contribution in [2.75, 3.05) is 47.4 Å². The van der Waals surface area contributed by atoms with Crippen LogP contribution in [-0.2, 0) is 4.74 Å². The zero-order chi connectivity index (χ0) is 12.9. The van der Waals surface area contributed by atoms with E-state index in [0.29, 0.717) is 25.3 Å². The van der Waals surface area contributed by atoms with Gasteiger partial charge in [0.2, 0.25) is 0 Å². The van der Waals surface area contributed by atoms with Gasteiger partial charge < -0.3 is 19.6 Å². The number of nitrogens with zero attached hydrogens (tertiary/aromatic N) is 2. The van der Waals surface area contributed by atoms with Gasteiger partial charge >= 0.3 is 0 Å². The third-order valence-corrected chi connectivity index (χ3v) is 3.83. The second kappa shape index (κ2) is 6.69. The van der Waals surface area contributed by atoms with Crippen molar-refractivity contribution in [3.63, 3.8) is 0 Å². The molecule has 1 N–H and O–H groups in total. The van der Waals surface area contributed by atoms with E-state index in [0.717, 1.165) is 6.54 Å². The molecule has 1 unspecified atom stereocenters. The quantitative estimate of drug-likeness (QED) is 0.685. The third kappa shape index (κ3) is 4.21. The Labute approximate surface area is 106 Å². The van der Waals surface area contributed by atoms with E-state index in [1.807, 2.05) is 6.92 Å². The van der Waals surface area contributed by atoms with Crippen molar-refractivity contribution in [3.05, 3.63) is 0 Å². The maximum Gasteiger partial charge on any atom is 0.0900 e. The van der Waals surface area contributed by atoms with E-state index in [1.54, 1.807) is 0 Å². The van der Waals surface area contributed by atoms with Crippen molar-refractivity contribution >= 4 is 0 Å². The van der Waals surface area contributed by atoms with Gasteiger partial charge in [-0.2, -0.15) is 0 Å². The summed E-state index contributed by atoms with van der Waals surface area (Å²) >= 11 is 0. The van der Waals surface area contributed by atoms with E-state index in [1.165, 1.54) is 19.3 Å². The van der Waals surface area contributed by atoms with Crippen molar-refractivity contribution in [2.45, 2.75) is 37.8 Å². The Morgan fingerprint density at radius 3 is 2.35 bits per heavy atom. The molecule has 0 spiro atoms. The molecule has 17 heavy (non-hydrogen) atoms. The van der Waals surface area contributed by atoms with Gasteiger partial charge in [0.25, 0.3) is 0 Å². The van der Waals surface area contributed by atoms with Crippen LogP contribution in [0.25, 0.3) is 0 Å². The molecule has 0 heterocycles. The van der Waals surface area contributed by atoms with Crippen molar-refractivity contribution in [1.82, 2.24) is 9.80 Å². The summed E-state index contributed by atoms with van der Waals surface area (Å²) in [6, 6.07) is 0. The highest BCUT2D eigenvalue weighted by Crippen LogP contribution is 2.36. The summed E-state index contributed by atoms with van der Waals surface area (Å²) in [7, 11) is 6.39. The van der Waals surface area contributed by atoms with Gasteiger partial charge in [0, 0.05) is 25.2 Å². The average molecular weight is 244 g/mol. The zero-order valence-corrected chi connectivity index (χ0v) is 11.8. The summed E-state index contributed by atoms with van der Waals surface area (Å²) in [5, 5.41) is 9.80. The van der Waals surface area contributed by atoms with Crippen molar-refractivity contribution in [3.8, 4) is 0 Å². The van der Waals surface area contributed by atoms with E-state index in [-0.39, 0.29) is 6.10 Å². The van der Waals surface area contributed by atoms with Crippen LogP contribution in [0.1, 0.15) is 26.2 Å². The third-order valence-electron chi connectivity index (χ3n) is 3.83. The summed E-state index contributed by atoms with van der Waals surface area (Å²) < 4.78 is 5.23. The molecule has 1 aliphatic carbocycles. The van der Waals surface area contributed by atoms with E-state index in [9.17, 15) is 5.11 Å². The topological polar surface area (TPSA) is 35.9 Å². The molecule has 1 fully saturated rings. The molecule has 0 aromatic heterocycles. The standard InChI is InChI=1S/C13H28N2O2/c1-5-17-10-12(16)9-15(4)11-13(14(2)3)7-6-8-13/h12,16H,5-11H2,1-4H3. The van der Waals surface area contributed by atoms with Gasteiger partial charge in [-0.15, -0.1) is 0 Å². The van der Waals surface area contributed by atoms with E-state index in [2.05, 4.69) is 30.9 Å². The Balaban J connectivity index is 2.30. The van der Waals surface area contributed by atoms with E-state index < -0.39 is 0 Å². The first-order chi connectivity index (χ1) is 8.00. The number of rotatable bonds is 8. The molecular weight excluding hydrogens is 216 g/mol. The lowest BCUT2D eigenvalue weighted by atomic mass is 9.75. The molecule has 1 rings (SSSR count). The predicted molar refractivity (Wildman–Crippen MR) is 70.3 cm³/mol. The monoisotopic (exact) mass is 244 g/mol. The second-order valence-corrected chi connectivity index (χ2v) is 5.48. The van der Waals surface area contributed by atoms with Gasteiger partial charge in [-0.1, -0.05) is 0 Å². The highest BCUT2D eigenvalue weighted by molar-refractivity contribution is 4.97. The highest BCUT2D eigenvalue weighted by atomic mass is 16.5. The van der Waals surface area contributed by atoms with Crippen LogP contribution < -0.4 is 0 Å². The zero-order valence-electron chi connectivity index (χ0n) is 11.8.